The molecule has 1 N–H and O–H groups in total. The Labute approximate surface area is 160 Å². The van der Waals surface area contributed by atoms with Crippen molar-refractivity contribution in [2.24, 2.45) is 0 Å². The number of carbonyl (C=O) groups excluding carboxylic acids is 1. The lowest BCUT2D eigenvalue weighted by molar-refractivity contribution is -0.0512. The summed E-state index contributed by atoms with van der Waals surface area (Å²) in [5, 5.41) is 6.97. The van der Waals surface area contributed by atoms with E-state index in [4.69, 9.17) is 4.74 Å². The van der Waals surface area contributed by atoms with Crippen LogP contribution in [0.15, 0.2) is 60.9 Å². The van der Waals surface area contributed by atoms with Gasteiger partial charge in [-0.15, -0.1) is 0 Å². The van der Waals surface area contributed by atoms with Gasteiger partial charge in [-0.2, -0.15) is 13.9 Å². The van der Waals surface area contributed by atoms with Crippen LogP contribution < -0.4 is 14.8 Å². The van der Waals surface area contributed by atoms with Crippen molar-refractivity contribution in [3.8, 4) is 17.2 Å². The molecule has 0 spiro atoms. The first kappa shape index (κ1) is 19.3. The fraction of sp³-hybridized carbons (Fsp3) is 0.200. The number of ether oxygens (including phenoxy) is 2. The third kappa shape index (κ3) is 4.85. The van der Waals surface area contributed by atoms with Crippen molar-refractivity contribution in [1.29, 1.82) is 0 Å². The summed E-state index contributed by atoms with van der Waals surface area (Å²) in [7, 11) is 1.32. The zero-order chi connectivity index (χ0) is 19.9. The summed E-state index contributed by atoms with van der Waals surface area (Å²) < 4.78 is 35.9. The zero-order valence-corrected chi connectivity index (χ0v) is 15.1. The van der Waals surface area contributed by atoms with Crippen LogP contribution >= 0.6 is 0 Å². The number of carbonyl (C=O) groups is 1. The fourth-order valence-corrected chi connectivity index (χ4v) is 2.66. The number of rotatable bonds is 8. The number of nitrogens with one attached hydrogen (secondary N) is 1. The van der Waals surface area contributed by atoms with E-state index in [1.54, 1.807) is 10.9 Å². The molecule has 3 rings (SSSR count). The summed E-state index contributed by atoms with van der Waals surface area (Å²) >= 11 is 0. The number of nitrogens with zero attached hydrogens (tertiary/aromatic N) is 2. The second-order valence-corrected chi connectivity index (χ2v) is 5.87. The smallest absolute Gasteiger partial charge is 0.387 e. The molecule has 0 atom stereocenters. The Morgan fingerprint density at radius 3 is 2.61 bits per heavy atom. The molecule has 28 heavy (non-hydrogen) atoms. The lowest BCUT2D eigenvalue weighted by Gasteiger charge is -2.11. The first-order valence-corrected chi connectivity index (χ1v) is 8.57. The van der Waals surface area contributed by atoms with Gasteiger partial charge in [-0.25, -0.2) is 4.68 Å². The van der Waals surface area contributed by atoms with Crippen molar-refractivity contribution in [3.63, 3.8) is 0 Å². The Bertz CT molecular complexity index is 913. The fourth-order valence-electron chi connectivity index (χ4n) is 2.66. The maximum absolute atomic E-state index is 12.4. The molecule has 0 bridgehead atoms. The SMILES string of the molecule is COc1cc(C(=O)NCCc2ccc(-n3cccn3)cc2)ccc1OC(F)F. The van der Waals surface area contributed by atoms with Crippen LogP contribution in [-0.2, 0) is 6.42 Å². The van der Waals surface area contributed by atoms with Crippen molar-refractivity contribution in [1.82, 2.24) is 15.1 Å². The molecule has 0 saturated carbocycles. The highest BCUT2D eigenvalue weighted by molar-refractivity contribution is 5.94. The van der Waals surface area contributed by atoms with Gasteiger partial charge in [-0.3, -0.25) is 4.79 Å². The van der Waals surface area contributed by atoms with Crippen molar-refractivity contribution in [3.05, 3.63) is 72.1 Å². The topological polar surface area (TPSA) is 65.4 Å². The van der Waals surface area contributed by atoms with E-state index in [0.717, 1.165) is 11.3 Å². The molecule has 0 fully saturated rings. The number of aromatic nitrogens is 2. The molecule has 1 aromatic heterocycles. The minimum absolute atomic E-state index is 0.0714. The summed E-state index contributed by atoms with van der Waals surface area (Å²) in [6.45, 7) is -2.54. The molecule has 0 aliphatic heterocycles. The first-order valence-electron chi connectivity index (χ1n) is 8.57. The average Bonchev–Trinajstić information content (AvgIpc) is 3.23. The van der Waals surface area contributed by atoms with E-state index in [1.165, 1.54) is 25.3 Å². The van der Waals surface area contributed by atoms with Gasteiger partial charge >= 0.3 is 6.61 Å². The highest BCUT2D eigenvalue weighted by atomic mass is 19.3. The number of benzene rings is 2. The monoisotopic (exact) mass is 387 g/mol. The van der Waals surface area contributed by atoms with E-state index in [1.807, 2.05) is 36.5 Å². The van der Waals surface area contributed by atoms with Gasteiger partial charge in [0.05, 0.1) is 12.8 Å². The second-order valence-electron chi connectivity index (χ2n) is 5.87. The number of alkyl halides is 2. The van der Waals surface area contributed by atoms with Crippen LogP contribution in [0.5, 0.6) is 11.5 Å². The summed E-state index contributed by atoms with van der Waals surface area (Å²) in [5.74, 6) is -0.372. The maximum Gasteiger partial charge on any atom is 0.387 e. The Morgan fingerprint density at radius 1 is 1.18 bits per heavy atom. The van der Waals surface area contributed by atoms with Gasteiger partial charge in [0.25, 0.3) is 5.91 Å². The Kier molecular flexibility index (Phi) is 6.21. The molecule has 2 aromatic carbocycles. The highest BCUT2D eigenvalue weighted by Gasteiger charge is 2.14. The number of amides is 1. The predicted molar refractivity (Wildman–Crippen MR) is 99.2 cm³/mol. The third-order valence-corrected chi connectivity index (χ3v) is 4.05. The van der Waals surface area contributed by atoms with Gasteiger partial charge in [0.2, 0.25) is 0 Å². The number of methoxy groups -OCH3 is 1. The van der Waals surface area contributed by atoms with E-state index in [-0.39, 0.29) is 17.4 Å². The maximum atomic E-state index is 12.4. The molecule has 3 aromatic rings. The molecule has 0 unspecified atom stereocenters. The second kappa shape index (κ2) is 8.98. The normalized spacial score (nSPS) is 10.7. The third-order valence-electron chi connectivity index (χ3n) is 4.05. The predicted octanol–water partition coefficient (Wildman–Crippen LogP) is 3.45. The highest BCUT2D eigenvalue weighted by Crippen LogP contribution is 2.29. The molecular formula is C20H19F2N3O3. The zero-order valence-electron chi connectivity index (χ0n) is 15.1. The molecule has 0 saturated heterocycles. The lowest BCUT2D eigenvalue weighted by Crippen LogP contribution is -2.25. The summed E-state index contributed by atoms with van der Waals surface area (Å²) in [4.78, 5) is 12.3. The molecule has 1 heterocycles. The van der Waals surface area contributed by atoms with Crippen LogP contribution in [0.4, 0.5) is 8.78 Å². The van der Waals surface area contributed by atoms with Crippen molar-refractivity contribution < 1.29 is 23.0 Å². The van der Waals surface area contributed by atoms with Crippen molar-refractivity contribution in [2.45, 2.75) is 13.0 Å². The van der Waals surface area contributed by atoms with E-state index in [2.05, 4.69) is 15.2 Å². The summed E-state index contributed by atoms with van der Waals surface area (Å²) in [6, 6.07) is 13.8. The molecule has 8 heteroatoms. The summed E-state index contributed by atoms with van der Waals surface area (Å²) in [5.41, 5.74) is 2.32. The molecular weight excluding hydrogens is 368 g/mol. The van der Waals surface area contributed by atoms with E-state index >= 15 is 0 Å². The van der Waals surface area contributed by atoms with Crippen molar-refractivity contribution >= 4 is 5.91 Å². The minimum Gasteiger partial charge on any atom is -0.493 e. The molecule has 146 valence electrons. The molecule has 0 aliphatic rings. The number of hydrogen-bond acceptors (Lipinski definition) is 4. The first-order chi connectivity index (χ1) is 13.6. The number of hydrogen-bond donors (Lipinski definition) is 1. The summed E-state index contributed by atoms with van der Waals surface area (Å²) in [6.07, 6.45) is 4.22. The molecule has 0 radical (unpaired) electrons. The van der Waals surface area contributed by atoms with Crippen LogP contribution in [-0.4, -0.2) is 36.0 Å². The minimum atomic E-state index is -2.96. The Hall–Kier alpha value is -3.42. The van der Waals surface area contributed by atoms with Gasteiger partial charge in [-0.1, -0.05) is 12.1 Å². The largest absolute Gasteiger partial charge is 0.493 e. The standard InChI is InChI=1S/C20H19F2N3O3/c1-27-18-13-15(5-8-17(18)28-20(21)22)19(26)23-11-9-14-3-6-16(7-4-14)25-12-2-10-24-25/h2-8,10,12-13,20H,9,11H2,1H3,(H,23,26). The van der Waals surface area contributed by atoms with E-state index in [0.29, 0.717) is 18.5 Å². The van der Waals surface area contributed by atoms with Gasteiger partial charge in [0.15, 0.2) is 11.5 Å². The van der Waals surface area contributed by atoms with Crippen LogP contribution in [0.25, 0.3) is 5.69 Å². The lowest BCUT2D eigenvalue weighted by atomic mass is 10.1. The molecule has 1 amide bonds. The van der Waals surface area contributed by atoms with Crippen LogP contribution in [0.3, 0.4) is 0 Å². The van der Waals surface area contributed by atoms with E-state index < -0.39 is 6.61 Å². The number of halogens is 2. The molecule has 0 aliphatic carbocycles. The quantitative estimate of drug-likeness (QED) is 0.643. The van der Waals surface area contributed by atoms with Gasteiger partial charge in [0, 0.05) is 24.5 Å². The van der Waals surface area contributed by atoms with Crippen LogP contribution in [0, 0.1) is 0 Å². The van der Waals surface area contributed by atoms with Gasteiger partial charge in [-0.05, 0) is 48.4 Å². The van der Waals surface area contributed by atoms with E-state index in [9.17, 15) is 13.6 Å². The average molecular weight is 387 g/mol. The van der Waals surface area contributed by atoms with Crippen LogP contribution in [0.2, 0.25) is 0 Å². The van der Waals surface area contributed by atoms with Gasteiger partial charge < -0.3 is 14.8 Å². The van der Waals surface area contributed by atoms with Crippen LogP contribution in [0.1, 0.15) is 15.9 Å². The van der Waals surface area contributed by atoms with Crippen molar-refractivity contribution in [2.75, 3.05) is 13.7 Å². The Balaban J connectivity index is 1.55. The Morgan fingerprint density at radius 2 is 1.96 bits per heavy atom. The van der Waals surface area contributed by atoms with Gasteiger partial charge in [0.1, 0.15) is 0 Å². The molecule has 6 nitrogen and oxygen atoms in total.